The van der Waals surface area contributed by atoms with E-state index in [-0.39, 0.29) is 0 Å². The maximum absolute atomic E-state index is 6.20. The third-order valence-corrected chi connectivity index (χ3v) is 4.96. The number of benzene rings is 1. The molecule has 126 valence electrons. The Hall–Kier alpha value is -2.93. The molecule has 0 bridgehead atoms. The molecule has 0 spiro atoms. The van der Waals surface area contributed by atoms with E-state index in [0.717, 1.165) is 59.3 Å². The molecule has 0 aliphatic carbocycles. The van der Waals surface area contributed by atoms with Gasteiger partial charge in [-0.3, -0.25) is 0 Å². The van der Waals surface area contributed by atoms with E-state index < -0.39 is 0 Å². The number of anilines is 1. The molecule has 4 aromatic rings. The molecule has 5 rings (SSSR count). The molecule has 0 atom stereocenters. The van der Waals surface area contributed by atoms with Crippen molar-refractivity contribution < 1.29 is 0 Å². The van der Waals surface area contributed by atoms with Crippen LogP contribution in [-0.2, 0) is 0 Å². The zero-order valence-corrected chi connectivity index (χ0v) is 13.7. The molecule has 0 radical (unpaired) electrons. The van der Waals surface area contributed by atoms with Gasteiger partial charge in [-0.2, -0.15) is 5.10 Å². The summed E-state index contributed by atoms with van der Waals surface area (Å²) in [7, 11) is 0. The van der Waals surface area contributed by atoms with Crippen LogP contribution in [0.25, 0.3) is 33.3 Å². The lowest BCUT2D eigenvalue weighted by Crippen LogP contribution is -2.30. The number of hydrogen-bond acceptors (Lipinski definition) is 5. The van der Waals surface area contributed by atoms with Gasteiger partial charge in [-0.15, -0.1) is 0 Å². The Balaban J connectivity index is 1.74. The first kappa shape index (κ1) is 14.4. The number of fused-ring (bicyclic) bond motifs is 2. The summed E-state index contributed by atoms with van der Waals surface area (Å²) >= 11 is 0. The van der Waals surface area contributed by atoms with E-state index >= 15 is 0 Å². The van der Waals surface area contributed by atoms with E-state index in [4.69, 9.17) is 10.8 Å². The van der Waals surface area contributed by atoms with Crippen LogP contribution >= 0.6 is 0 Å². The Morgan fingerprint density at radius 3 is 2.80 bits per heavy atom. The molecular weight excluding hydrogens is 314 g/mol. The van der Waals surface area contributed by atoms with E-state index in [9.17, 15) is 0 Å². The van der Waals surface area contributed by atoms with Gasteiger partial charge in [0.15, 0.2) is 5.65 Å². The highest BCUT2D eigenvalue weighted by Crippen LogP contribution is 2.34. The van der Waals surface area contributed by atoms with Crippen molar-refractivity contribution in [2.75, 3.05) is 18.8 Å². The lowest BCUT2D eigenvalue weighted by atomic mass is 10.1. The number of nitrogens with one attached hydrogen (secondary N) is 2. The van der Waals surface area contributed by atoms with Crippen LogP contribution in [0.2, 0.25) is 0 Å². The fraction of sp³-hybridized carbons (Fsp3) is 0.278. The Morgan fingerprint density at radius 1 is 1.12 bits per heavy atom. The van der Waals surface area contributed by atoms with Crippen LogP contribution in [0, 0.1) is 0 Å². The van der Waals surface area contributed by atoms with Crippen molar-refractivity contribution >= 4 is 27.8 Å². The second-order valence-corrected chi connectivity index (χ2v) is 6.50. The molecule has 4 N–H and O–H groups in total. The maximum Gasteiger partial charge on any atom is 0.164 e. The van der Waals surface area contributed by atoms with E-state index in [1.165, 1.54) is 6.33 Å². The van der Waals surface area contributed by atoms with Crippen LogP contribution < -0.4 is 11.1 Å². The summed E-state index contributed by atoms with van der Waals surface area (Å²) in [6.45, 7) is 1.99. The summed E-state index contributed by atoms with van der Waals surface area (Å²) in [5, 5.41) is 10.3. The standard InChI is InChI=1S/C18H19N7/c19-17-15-16(14-9-11-3-1-2-4-13(11)23-14)24-25(18(15)22-10-21-17)12-5-7-20-8-6-12/h1-4,9-10,12,20,23H,5-8H2,(H2,19,21,22). The van der Waals surface area contributed by atoms with Gasteiger partial charge in [0.25, 0.3) is 0 Å². The van der Waals surface area contributed by atoms with E-state index in [1.807, 2.05) is 16.8 Å². The second kappa shape index (κ2) is 5.56. The van der Waals surface area contributed by atoms with Crippen molar-refractivity contribution in [3.05, 3.63) is 36.7 Å². The minimum atomic E-state index is 0.330. The first-order valence-electron chi connectivity index (χ1n) is 8.59. The number of rotatable bonds is 2. The number of nitrogen functional groups attached to an aromatic ring is 1. The third-order valence-electron chi connectivity index (χ3n) is 4.96. The van der Waals surface area contributed by atoms with Crippen LogP contribution in [0.4, 0.5) is 5.82 Å². The van der Waals surface area contributed by atoms with Gasteiger partial charge < -0.3 is 16.0 Å². The molecule has 7 nitrogen and oxygen atoms in total. The van der Waals surface area contributed by atoms with Gasteiger partial charge in [-0.05, 0) is 38.1 Å². The lowest BCUT2D eigenvalue weighted by Gasteiger charge is -2.23. The summed E-state index contributed by atoms with van der Waals surface area (Å²) in [5.74, 6) is 0.471. The van der Waals surface area contributed by atoms with Gasteiger partial charge in [0.1, 0.15) is 17.8 Å². The highest BCUT2D eigenvalue weighted by molar-refractivity contribution is 5.99. The highest BCUT2D eigenvalue weighted by atomic mass is 15.3. The number of H-pyrrole nitrogens is 1. The van der Waals surface area contributed by atoms with Crippen LogP contribution in [0.15, 0.2) is 36.7 Å². The fourth-order valence-corrected chi connectivity index (χ4v) is 3.69. The van der Waals surface area contributed by atoms with Crippen molar-refractivity contribution in [3.63, 3.8) is 0 Å². The van der Waals surface area contributed by atoms with Crippen LogP contribution in [0.1, 0.15) is 18.9 Å². The Morgan fingerprint density at radius 2 is 1.96 bits per heavy atom. The minimum absolute atomic E-state index is 0.330. The number of aromatic amines is 1. The Kier molecular flexibility index (Phi) is 3.21. The van der Waals surface area contributed by atoms with Crippen LogP contribution in [0.5, 0.6) is 0 Å². The molecule has 3 aromatic heterocycles. The molecule has 1 aromatic carbocycles. The molecule has 1 aliphatic heterocycles. The average molecular weight is 333 g/mol. The second-order valence-electron chi connectivity index (χ2n) is 6.50. The zero-order chi connectivity index (χ0) is 16.8. The number of hydrogen-bond donors (Lipinski definition) is 3. The normalized spacial score (nSPS) is 16.0. The number of nitrogens with zero attached hydrogens (tertiary/aromatic N) is 4. The maximum atomic E-state index is 6.20. The van der Waals surface area contributed by atoms with E-state index in [1.54, 1.807) is 0 Å². The van der Waals surface area contributed by atoms with Crippen molar-refractivity contribution in [2.45, 2.75) is 18.9 Å². The number of piperidine rings is 1. The number of para-hydroxylation sites is 1. The fourth-order valence-electron chi connectivity index (χ4n) is 3.69. The molecule has 0 saturated carbocycles. The summed E-state index contributed by atoms with van der Waals surface area (Å²) < 4.78 is 2.04. The van der Waals surface area contributed by atoms with Crippen LogP contribution in [-0.4, -0.2) is 37.8 Å². The van der Waals surface area contributed by atoms with Gasteiger partial charge in [0.05, 0.1) is 17.1 Å². The summed E-state index contributed by atoms with van der Waals surface area (Å²) in [6, 6.07) is 10.6. The van der Waals surface area contributed by atoms with Gasteiger partial charge >= 0.3 is 0 Å². The SMILES string of the molecule is Nc1ncnc2c1c(-c1cc3ccccc3[nH]1)nn2C1CCNCC1. The van der Waals surface area contributed by atoms with Crippen molar-refractivity contribution in [1.82, 2.24) is 30.0 Å². The minimum Gasteiger partial charge on any atom is -0.383 e. The predicted octanol–water partition coefficient (Wildman–Crippen LogP) is 2.48. The smallest absolute Gasteiger partial charge is 0.164 e. The number of aromatic nitrogens is 5. The quantitative estimate of drug-likeness (QED) is 0.523. The molecule has 0 amide bonds. The zero-order valence-electron chi connectivity index (χ0n) is 13.7. The molecule has 4 heterocycles. The molecule has 0 unspecified atom stereocenters. The first-order valence-corrected chi connectivity index (χ1v) is 8.59. The first-order chi connectivity index (χ1) is 12.3. The topological polar surface area (TPSA) is 97.4 Å². The van der Waals surface area contributed by atoms with Crippen molar-refractivity contribution in [3.8, 4) is 11.4 Å². The monoisotopic (exact) mass is 333 g/mol. The molecule has 1 saturated heterocycles. The lowest BCUT2D eigenvalue weighted by molar-refractivity contribution is 0.350. The predicted molar refractivity (Wildman–Crippen MR) is 98.2 cm³/mol. The van der Waals surface area contributed by atoms with Crippen LogP contribution in [0.3, 0.4) is 0 Å². The van der Waals surface area contributed by atoms with E-state index in [0.29, 0.717) is 11.9 Å². The summed E-state index contributed by atoms with van der Waals surface area (Å²) in [6.07, 6.45) is 3.59. The highest BCUT2D eigenvalue weighted by Gasteiger charge is 2.24. The molecular formula is C18H19N7. The van der Waals surface area contributed by atoms with Gasteiger partial charge in [0, 0.05) is 10.9 Å². The Bertz CT molecular complexity index is 1020. The molecule has 25 heavy (non-hydrogen) atoms. The largest absolute Gasteiger partial charge is 0.383 e. The molecule has 1 fully saturated rings. The average Bonchev–Trinajstić information content (AvgIpc) is 3.24. The van der Waals surface area contributed by atoms with E-state index in [2.05, 4.69) is 38.5 Å². The van der Waals surface area contributed by atoms with Crippen molar-refractivity contribution in [1.29, 1.82) is 0 Å². The number of nitrogens with two attached hydrogens (primary N) is 1. The van der Waals surface area contributed by atoms with Gasteiger partial charge in [-0.25, -0.2) is 14.6 Å². The van der Waals surface area contributed by atoms with Gasteiger partial charge in [0.2, 0.25) is 0 Å². The summed E-state index contributed by atoms with van der Waals surface area (Å²) in [5.41, 5.74) is 9.86. The van der Waals surface area contributed by atoms with Gasteiger partial charge in [-0.1, -0.05) is 18.2 Å². The third kappa shape index (κ3) is 2.27. The van der Waals surface area contributed by atoms with Crippen molar-refractivity contribution in [2.24, 2.45) is 0 Å². The molecule has 1 aliphatic rings. The Labute approximate surface area is 144 Å². The molecule has 7 heteroatoms. The summed E-state index contributed by atoms with van der Waals surface area (Å²) in [4.78, 5) is 12.1.